The highest BCUT2D eigenvalue weighted by Gasteiger charge is 2.31. The van der Waals surface area contributed by atoms with Gasteiger partial charge in [-0.3, -0.25) is 9.69 Å². The minimum Gasteiger partial charge on any atom is -0.480 e. The Labute approximate surface area is 104 Å². The molecule has 0 bridgehead atoms. The monoisotopic (exact) mass is 240 g/mol. The maximum Gasteiger partial charge on any atom is 0.317 e. The van der Waals surface area contributed by atoms with Gasteiger partial charge in [0.25, 0.3) is 0 Å². The van der Waals surface area contributed by atoms with E-state index in [1.54, 1.807) is 0 Å². The van der Waals surface area contributed by atoms with Crippen LogP contribution in [0.4, 0.5) is 0 Å². The van der Waals surface area contributed by atoms with Crippen LogP contribution in [0.2, 0.25) is 0 Å². The normalized spacial score (nSPS) is 26.4. The van der Waals surface area contributed by atoms with Gasteiger partial charge in [-0.1, -0.05) is 6.42 Å². The highest BCUT2D eigenvalue weighted by molar-refractivity contribution is 5.69. The molecule has 2 fully saturated rings. The molecule has 1 N–H and O–H groups in total. The molecule has 0 amide bonds. The van der Waals surface area contributed by atoms with Gasteiger partial charge >= 0.3 is 5.97 Å². The molecule has 0 aromatic rings. The molecule has 4 heteroatoms. The van der Waals surface area contributed by atoms with Crippen LogP contribution in [-0.4, -0.2) is 59.6 Å². The first kappa shape index (κ1) is 12.8. The largest absolute Gasteiger partial charge is 0.480 e. The van der Waals surface area contributed by atoms with Gasteiger partial charge in [-0.25, -0.2) is 0 Å². The Bertz CT molecular complexity index is 266. The summed E-state index contributed by atoms with van der Waals surface area (Å²) in [6.07, 6.45) is 7.43. The van der Waals surface area contributed by atoms with Crippen molar-refractivity contribution in [2.75, 3.05) is 26.7 Å². The zero-order valence-electron chi connectivity index (χ0n) is 10.8. The van der Waals surface area contributed by atoms with E-state index in [-0.39, 0.29) is 6.54 Å². The van der Waals surface area contributed by atoms with E-state index >= 15 is 0 Å². The summed E-state index contributed by atoms with van der Waals surface area (Å²) in [4.78, 5) is 15.4. The summed E-state index contributed by atoms with van der Waals surface area (Å²) < 4.78 is 0. The topological polar surface area (TPSA) is 43.8 Å². The number of aliphatic carboxylic acids is 1. The Morgan fingerprint density at radius 1 is 1.35 bits per heavy atom. The predicted octanol–water partition coefficient (Wildman–Crippen LogP) is 1.41. The molecule has 1 aliphatic heterocycles. The maximum atomic E-state index is 10.8. The number of likely N-dealkylation sites (tertiary alicyclic amines) is 1. The van der Waals surface area contributed by atoms with Gasteiger partial charge in [-0.05, 0) is 45.7 Å². The van der Waals surface area contributed by atoms with Crippen LogP contribution in [-0.2, 0) is 4.79 Å². The lowest BCUT2D eigenvalue weighted by Gasteiger charge is -2.34. The molecule has 0 radical (unpaired) electrons. The Morgan fingerprint density at radius 2 is 2.12 bits per heavy atom. The second kappa shape index (κ2) is 5.83. The van der Waals surface area contributed by atoms with Crippen molar-refractivity contribution in [1.82, 2.24) is 9.80 Å². The summed E-state index contributed by atoms with van der Waals surface area (Å²) in [6.45, 7) is 2.38. The van der Waals surface area contributed by atoms with Crippen molar-refractivity contribution >= 4 is 5.97 Å². The number of hydrogen-bond donors (Lipinski definition) is 1. The second-order valence-corrected chi connectivity index (χ2v) is 5.51. The Morgan fingerprint density at radius 3 is 2.71 bits per heavy atom. The Kier molecular flexibility index (Phi) is 4.40. The van der Waals surface area contributed by atoms with Crippen molar-refractivity contribution in [2.45, 2.75) is 50.6 Å². The number of piperidine rings is 1. The van der Waals surface area contributed by atoms with Crippen molar-refractivity contribution < 1.29 is 9.90 Å². The molecule has 1 saturated heterocycles. The fourth-order valence-corrected chi connectivity index (χ4v) is 2.83. The lowest BCUT2D eigenvalue weighted by Crippen LogP contribution is -2.40. The predicted molar refractivity (Wildman–Crippen MR) is 67.1 cm³/mol. The van der Waals surface area contributed by atoms with Crippen molar-refractivity contribution in [2.24, 2.45) is 0 Å². The summed E-state index contributed by atoms with van der Waals surface area (Å²) in [5, 5.41) is 8.90. The van der Waals surface area contributed by atoms with Crippen LogP contribution in [0.15, 0.2) is 0 Å². The number of hydrogen-bond acceptors (Lipinski definition) is 3. The molecule has 98 valence electrons. The number of nitrogens with zero attached hydrogens (tertiary/aromatic N) is 2. The fourth-order valence-electron chi connectivity index (χ4n) is 2.83. The molecule has 1 aliphatic carbocycles. The molecule has 1 saturated carbocycles. The molecule has 1 heterocycles. The first-order chi connectivity index (χ1) is 8.16. The number of rotatable bonds is 6. The maximum absolute atomic E-state index is 10.8. The average molecular weight is 240 g/mol. The molecule has 0 aromatic heterocycles. The SMILES string of the molecule is CN1CCCCC1CCN(CC(=O)O)C1CC1. The average Bonchev–Trinajstić information content (AvgIpc) is 3.09. The van der Waals surface area contributed by atoms with E-state index in [4.69, 9.17) is 5.11 Å². The van der Waals surface area contributed by atoms with Gasteiger partial charge in [0.05, 0.1) is 6.54 Å². The van der Waals surface area contributed by atoms with Crippen LogP contribution in [0.5, 0.6) is 0 Å². The van der Waals surface area contributed by atoms with E-state index < -0.39 is 5.97 Å². The summed E-state index contributed by atoms with van der Waals surface area (Å²) in [6, 6.07) is 1.22. The molecule has 4 nitrogen and oxygen atoms in total. The van der Waals surface area contributed by atoms with Gasteiger partial charge in [0.1, 0.15) is 0 Å². The molecular formula is C13H24N2O2. The molecular weight excluding hydrogens is 216 g/mol. The zero-order chi connectivity index (χ0) is 12.3. The van der Waals surface area contributed by atoms with Crippen LogP contribution < -0.4 is 0 Å². The third-order valence-electron chi connectivity index (χ3n) is 4.07. The van der Waals surface area contributed by atoms with Crippen LogP contribution >= 0.6 is 0 Å². The lowest BCUT2D eigenvalue weighted by atomic mass is 10.00. The van der Waals surface area contributed by atoms with E-state index in [2.05, 4.69) is 16.8 Å². The highest BCUT2D eigenvalue weighted by Crippen LogP contribution is 2.27. The first-order valence-electron chi connectivity index (χ1n) is 6.83. The lowest BCUT2D eigenvalue weighted by molar-refractivity contribution is -0.138. The third kappa shape index (κ3) is 3.96. The van der Waals surface area contributed by atoms with E-state index in [0.717, 1.165) is 13.0 Å². The van der Waals surface area contributed by atoms with Crippen molar-refractivity contribution in [3.63, 3.8) is 0 Å². The van der Waals surface area contributed by atoms with Gasteiger partial charge < -0.3 is 10.0 Å². The van der Waals surface area contributed by atoms with Gasteiger partial charge in [-0.15, -0.1) is 0 Å². The molecule has 2 rings (SSSR count). The van der Waals surface area contributed by atoms with Crippen molar-refractivity contribution in [3.05, 3.63) is 0 Å². The first-order valence-corrected chi connectivity index (χ1v) is 6.83. The van der Waals surface area contributed by atoms with Gasteiger partial charge in [0.15, 0.2) is 0 Å². The fraction of sp³-hybridized carbons (Fsp3) is 0.923. The van der Waals surface area contributed by atoms with E-state index in [0.29, 0.717) is 12.1 Å². The molecule has 1 unspecified atom stereocenters. The van der Waals surface area contributed by atoms with E-state index in [9.17, 15) is 4.79 Å². The Balaban J connectivity index is 1.75. The second-order valence-electron chi connectivity index (χ2n) is 5.51. The standard InChI is InChI=1S/C13H24N2O2/c1-14-8-3-2-4-11(14)7-9-15(10-13(16)17)12-5-6-12/h11-12H,2-10H2,1H3,(H,16,17). The van der Waals surface area contributed by atoms with Crippen LogP contribution in [0.25, 0.3) is 0 Å². The number of carboxylic acids is 1. The molecule has 0 aromatic carbocycles. The molecule has 17 heavy (non-hydrogen) atoms. The summed E-state index contributed by atoms with van der Waals surface area (Å²) in [5.74, 6) is -0.686. The van der Waals surface area contributed by atoms with Gasteiger partial charge in [0, 0.05) is 18.6 Å². The quantitative estimate of drug-likeness (QED) is 0.762. The third-order valence-corrected chi connectivity index (χ3v) is 4.07. The van der Waals surface area contributed by atoms with Crippen LogP contribution in [0.1, 0.15) is 38.5 Å². The van der Waals surface area contributed by atoms with Crippen molar-refractivity contribution in [1.29, 1.82) is 0 Å². The number of carboxylic acid groups (broad SMARTS) is 1. The van der Waals surface area contributed by atoms with Crippen molar-refractivity contribution in [3.8, 4) is 0 Å². The number of carbonyl (C=O) groups is 1. The summed E-state index contributed by atoms with van der Waals surface area (Å²) in [7, 11) is 2.20. The minimum absolute atomic E-state index is 0.223. The van der Waals surface area contributed by atoms with Gasteiger partial charge in [-0.2, -0.15) is 0 Å². The van der Waals surface area contributed by atoms with Gasteiger partial charge in [0.2, 0.25) is 0 Å². The van der Waals surface area contributed by atoms with E-state index in [1.807, 2.05) is 0 Å². The highest BCUT2D eigenvalue weighted by atomic mass is 16.4. The Hall–Kier alpha value is -0.610. The summed E-state index contributed by atoms with van der Waals surface area (Å²) in [5.41, 5.74) is 0. The van der Waals surface area contributed by atoms with E-state index in [1.165, 1.54) is 38.6 Å². The zero-order valence-corrected chi connectivity index (χ0v) is 10.8. The summed E-state index contributed by atoms with van der Waals surface area (Å²) >= 11 is 0. The van der Waals surface area contributed by atoms with Crippen LogP contribution in [0, 0.1) is 0 Å². The van der Waals surface area contributed by atoms with Crippen LogP contribution in [0.3, 0.4) is 0 Å². The molecule has 0 spiro atoms. The smallest absolute Gasteiger partial charge is 0.317 e. The molecule has 1 atom stereocenters. The minimum atomic E-state index is -0.686. The molecule has 2 aliphatic rings.